The van der Waals surface area contributed by atoms with Gasteiger partial charge in [0.2, 0.25) is 0 Å². The van der Waals surface area contributed by atoms with Crippen LogP contribution in [0.5, 0.6) is 5.75 Å². The van der Waals surface area contributed by atoms with Crippen LogP contribution in [0.1, 0.15) is 29.2 Å². The van der Waals surface area contributed by atoms with Crippen LogP contribution >= 0.6 is 11.6 Å². The van der Waals surface area contributed by atoms with Gasteiger partial charge in [0.25, 0.3) is 0 Å². The van der Waals surface area contributed by atoms with Crippen molar-refractivity contribution in [2.45, 2.75) is 49.5 Å². The zero-order chi connectivity index (χ0) is 22.0. The first-order valence-electron chi connectivity index (χ1n) is 10.4. The molecule has 0 amide bonds. The number of aliphatic hydroxyl groups is 4. The summed E-state index contributed by atoms with van der Waals surface area (Å²) in [6.07, 6.45) is -4.15. The summed E-state index contributed by atoms with van der Waals surface area (Å²) < 4.78 is 16.9. The minimum absolute atomic E-state index is 0.0957. The van der Waals surface area contributed by atoms with Gasteiger partial charge in [-0.1, -0.05) is 35.9 Å². The Hall–Kier alpha value is -1.71. The van der Waals surface area contributed by atoms with E-state index in [2.05, 4.69) is 0 Å². The number of aliphatic hydroxyl groups excluding tert-OH is 4. The largest absolute Gasteiger partial charge is 0.488 e. The van der Waals surface area contributed by atoms with Gasteiger partial charge in [-0.3, -0.25) is 0 Å². The molecular formula is C23H27ClO7. The summed E-state index contributed by atoms with van der Waals surface area (Å²) in [4.78, 5) is 0. The minimum atomic E-state index is -1.30. The van der Waals surface area contributed by atoms with Crippen LogP contribution in [0.25, 0.3) is 0 Å². The molecule has 2 aliphatic rings. The van der Waals surface area contributed by atoms with Crippen molar-refractivity contribution in [1.29, 1.82) is 0 Å². The van der Waals surface area contributed by atoms with Crippen LogP contribution < -0.4 is 4.74 Å². The maximum atomic E-state index is 10.4. The maximum absolute atomic E-state index is 10.4. The normalized spacial score (nSPS) is 29.3. The molecular weight excluding hydrogens is 424 g/mol. The molecule has 2 aliphatic heterocycles. The van der Waals surface area contributed by atoms with Crippen molar-refractivity contribution < 1.29 is 34.6 Å². The van der Waals surface area contributed by atoms with Gasteiger partial charge in [0.1, 0.15) is 42.4 Å². The zero-order valence-corrected chi connectivity index (χ0v) is 17.7. The quantitative estimate of drug-likeness (QED) is 0.507. The second kappa shape index (κ2) is 9.83. The molecule has 168 valence electrons. The van der Waals surface area contributed by atoms with E-state index in [9.17, 15) is 15.3 Å². The Labute approximate surface area is 185 Å². The van der Waals surface area contributed by atoms with Gasteiger partial charge in [0.15, 0.2) is 0 Å². The second-order valence-corrected chi connectivity index (χ2v) is 8.43. The molecule has 2 fully saturated rings. The van der Waals surface area contributed by atoms with E-state index in [4.69, 9.17) is 30.9 Å². The Balaban J connectivity index is 1.47. The first kappa shape index (κ1) is 22.5. The molecule has 6 atom stereocenters. The Kier molecular flexibility index (Phi) is 7.13. The van der Waals surface area contributed by atoms with Crippen molar-refractivity contribution in [3.05, 3.63) is 64.2 Å². The van der Waals surface area contributed by atoms with Crippen LogP contribution in [0.2, 0.25) is 5.02 Å². The van der Waals surface area contributed by atoms with E-state index in [1.165, 1.54) is 0 Å². The Morgan fingerprint density at radius 3 is 2.55 bits per heavy atom. The van der Waals surface area contributed by atoms with Gasteiger partial charge in [-0.15, -0.1) is 0 Å². The highest BCUT2D eigenvalue weighted by Gasteiger charge is 2.46. The average molecular weight is 451 g/mol. The Bertz CT molecular complexity index is 869. The van der Waals surface area contributed by atoms with Crippen molar-refractivity contribution in [1.82, 2.24) is 0 Å². The van der Waals surface area contributed by atoms with Gasteiger partial charge in [-0.25, -0.2) is 0 Å². The second-order valence-electron chi connectivity index (χ2n) is 8.03. The van der Waals surface area contributed by atoms with Crippen molar-refractivity contribution in [3.63, 3.8) is 0 Å². The van der Waals surface area contributed by atoms with E-state index in [1.807, 2.05) is 30.3 Å². The van der Waals surface area contributed by atoms with E-state index in [1.54, 1.807) is 12.1 Å². The van der Waals surface area contributed by atoms with E-state index in [0.717, 1.165) is 29.9 Å². The van der Waals surface area contributed by atoms with E-state index < -0.39 is 37.1 Å². The van der Waals surface area contributed by atoms with Crippen LogP contribution in [0, 0.1) is 0 Å². The summed E-state index contributed by atoms with van der Waals surface area (Å²) in [5.41, 5.74) is 2.52. The van der Waals surface area contributed by atoms with Crippen LogP contribution in [-0.2, 0) is 15.9 Å². The molecule has 0 aromatic heterocycles. The fourth-order valence-electron chi connectivity index (χ4n) is 4.01. The molecule has 31 heavy (non-hydrogen) atoms. The topological polar surface area (TPSA) is 109 Å². The highest BCUT2D eigenvalue weighted by molar-refractivity contribution is 6.31. The lowest BCUT2D eigenvalue weighted by Gasteiger charge is -2.19. The average Bonchev–Trinajstić information content (AvgIpc) is 3.39. The molecule has 2 heterocycles. The molecule has 7 nitrogen and oxygen atoms in total. The van der Waals surface area contributed by atoms with Gasteiger partial charge in [0, 0.05) is 11.4 Å². The molecule has 0 bridgehead atoms. The Morgan fingerprint density at radius 2 is 1.87 bits per heavy atom. The number of halogens is 1. The number of ether oxygens (including phenoxy) is 3. The fourth-order valence-corrected chi connectivity index (χ4v) is 4.20. The van der Waals surface area contributed by atoms with E-state index >= 15 is 0 Å². The van der Waals surface area contributed by atoms with Gasteiger partial charge >= 0.3 is 0 Å². The third-order valence-corrected chi connectivity index (χ3v) is 6.14. The summed E-state index contributed by atoms with van der Waals surface area (Å²) in [6, 6.07) is 13.1. The van der Waals surface area contributed by atoms with Gasteiger partial charge in [-0.05, 0) is 41.3 Å². The smallest absolute Gasteiger partial charge is 0.124 e. The van der Waals surface area contributed by atoms with Crippen LogP contribution in [-0.4, -0.2) is 70.8 Å². The third-order valence-electron chi connectivity index (χ3n) is 5.77. The van der Waals surface area contributed by atoms with Crippen molar-refractivity contribution in [3.8, 4) is 5.75 Å². The monoisotopic (exact) mass is 450 g/mol. The van der Waals surface area contributed by atoms with Crippen LogP contribution in [0.4, 0.5) is 0 Å². The molecule has 0 radical (unpaired) electrons. The first-order valence-corrected chi connectivity index (χ1v) is 10.8. The molecule has 4 N–H and O–H groups in total. The summed E-state index contributed by atoms with van der Waals surface area (Å²) in [5.74, 6) is 0.795. The summed E-state index contributed by atoms with van der Waals surface area (Å²) in [7, 11) is 0. The molecule has 4 rings (SSSR count). The molecule has 2 aromatic rings. The summed E-state index contributed by atoms with van der Waals surface area (Å²) >= 11 is 6.40. The molecule has 2 aromatic carbocycles. The fraction of sp³-hybridized carbons (Fsp3) is 0.478. The lowest BCUT2D eigenvalue weighted by atomic mass is 9.96. The lowest BCUT2D eigenvalue weighted by Crippen LogP contribution is -2.40. The lowest BCUT2D eigenvalue weighted by molar-refractivity contribution is -0.0820. The minimum Gasteiger partial charge on any atom is -0.488 e. The highest BCUT2D eigenvalue weighted by Crippen LogP contribution is 2.36. The third kappa shape index (κ3) is 5.04. The highest BCUT2D eigenvalue weighted by atomic mass is 35.5. The SMILES string of the molecule is OCC(O)[C@H]1O[C@@H](c2ccc(Cl)c(Cc3ccc(O[C@@H]4CCOC4)cc3)c2)[C@H](O)[C@H]1O. The summed E-state index contributed by atoms with van der Waals surface area (Å²) in [6.45, 7) is 0.776. The number of rotatable bonds is 7. The number of benzene rings is 2. The van der Waals surface area contributed by atoms with Crippen LogP contribution in [0.15, 0.2) is 42.5 Å². The molecule has 2 saturated heterocycles. The Morgan fingerprint density at radius 1 is 1.10 bits per heavy atom. The zero-order valence-electron chi connectivity index (χ0n) is 16.9. The van der Waals surface area contributed by atoms with Gasteiger partial charge in [-0.2, -0.15) is 0 Å². The predicted octanol–water partition coefficient (Wildman–Crippen LogP) is 1.61. The number of hydrogen-bond donors (Lipinski definition) is 4. The van der Waals surface area contributed by atoms with E-state index in [-0.39, 0.29) is 6.10 Å². The maximum Gasteiger partial charge on any atom is 0.124 e. The van der Waals surface area contributed by atoms with Crippen molar-refractivity contribution in [2.75, 3.05) is 19.8 Å². The molecule has 0 spiro atoms. The van der Waals surface area contributed by atoms with E-state index in [0.29, 0.717) is 23.6 Å². The van der Waals surface area contributed by atoms with Crippen molar-refractivity contribution in [2.24, 2.45) is 0 Å². The standard InChI is InChI=1S/C23H27ClO7/c24-18-6-3-14(22-20(27)21(28)23(31-22)19(26)11-25)10-15(18)9-13-1-4-16(5-2-13)30-17-7-8-29-12-17/h1-6,10,17,19-23,25-28H,7-9,11-12H2/t17-,19?,20-,21-,22+,23-/m1/s1. The van der Waals surface area contributed by atoms with Gasteiger partial charge < -0.3 is 34.6 Å². The molecule has 0 aliphatic carbocycles. The van der Waals surface area contributed by atoms with Crippen LogP contribution in [0.3, 0.4) is 0 Å². The first-order chi connectivity index (χ1) is 15.0. The molecule has 8 heteroatoms. The van der Waals surface area contributed by atoms with Gasteiger partial charge in [0.05, 0.1) is 19.8 Å². The summed E-state index contributed by atoms with van der Waals surface area (Å²) in [5, 5.41) is 40.1. The predicted molar refractivity (Wildman–Crippen MR) is 113 cm³/mol. The number of hydrogen-bond acceptors (Lipinski definition) is 7. The van der Waals surface area contributed by atoms with Crippen molar-refractivity contribution >= 4 is 11.6 Å². The molecule has 1 unspecified atom stereocenters. The molecule has 0 saturated carbocycles.